The van der Waals surface area contributed by atoms with E-state index in [1.807, 2.05) is 97.1 Å². The van der Waals surface area contributed by atoms with Crippen LogP contribution in [0.15, 0.2) is 182 Å². The smallest absolute Gasteiger partial charge is 0.338 e. The molecule has 7 fully saturated rings. The number of carbonyl (C=O) groups excluding carboxylic acids is 2. The maximum Gasteiger partial charge on any atom is 0.338 e. The first-order valence-electron chi connectivity index (χ1n) is 44.1. The SMILES string of the molecule is COC1C(OC)[C@H](O[C@H]2O[C@@H](CO)[C@@H](O[C@@H]3OC(C(=O)OCc4ccccc4)[C@@H](O[C@H]4OC(CO)[C@@H](O[C@H]5OC(CO)[C@@H](O[C@H]6OC(CO)[C@@H](O)[C@H](OC)C6OC)[C@H](OC)C5OC)[C@H](OC)C4OC)[C@H](OC)C3OC)C(O)C2OCc2ccccc2)[C@H](C(=O)OCc2ccccc2)O[C@@H]1O[C@@H]1C(COCc2ccccc2)O[C@H](OC)C(OCc2ccccc2)[C@H]1OCc1ccccc1.[Ac].[Ac].[Ac].[Ac].[Ac]. The molecule has 6 N–H and O–H groups in total. The third-order valence-corrected chi connectivity index (χ3v) is 24.6. The fourth-order valence-corrected chi connectivity index (χ4v) is 17.8. The van der Waals surface area contributed by atoms with Crippen LogP contribution in [0.5, 0.6) is 0 Å². The van der Waals surface area contributed by atoms with Crippen molar-refractivity contribution in [2.75, 3.05) is 111 Å². The van der Waals surface area contributed by atoms with Crippen LogP contribution in [0.1, 0.15) is 33.4 Å². The van der Waals surface area contributed by atoms with E-state index in [0.29, 0.717) is 16.7 Å². The Morgan fingerprint density at radius 1 is 0.239 bits per heavy atom. The quantitative estimate of drug-likeness (QED) is 0.0298. The number of aliphatic hydroxyl groups excluding tert-OH is 6. The molecule has 6 aromatic carbocycles. The molecule has 7 saturated heterocycles. The average Bonchev–Trinajstić information content (AvgIpc) is 0.760. The van der Waals surface area contributed by atoms with Gasteiger partial charge in [-0.05, 0) is 33.4 Å². The minimum absolute atomic E-state index is 0. The van der Waals surface area contributed by atoms with Crippen molar-refractivity contribution < 1.29 is 403 Å². The van der Waals surface area contributed by atoms with Gasteiger partial charge in [0.15, 0.2) is 56.2 Å². The Morgan fingerprint density at radius 2 is 0.493 bits per heavy atom. The number of methoxy groups -OCH3 is 11. The molecule has 0 aliphatic carbocycles. The standard InChI is InChI=1S/C95H126O38.5Ac/c1-104-70-64(100)59(42-96)121-91(81(70)109-6)127-67-61(44-98)123-92(82(110-7)72(67)105-2)128-68-62(45-99)124-93(83(111-8)73(68)106-3)131-78-75(108-5)84(112-9)94(132-80(78)88(103)120-51-58-40-28-17-29-41-58)126-66-60(43-97)122-90(71(65(66)101)116-47-54-32-20-13-21-33-54)130-77-74(107-4)85(113-10)95(133-79(77)87(102)119-50-57-38-26-16-27-39-57)129-69-63(52-115-46-53-30-18-12-19-31-53)125-89(114-11)86(118-49-56-36-24-15-25-37-56)76(69)117-48-55-34-22-14-23-35-55;;;;;/h12-41,59-86,89-101H,42-52H2,1-11H3;;;;;/t59?,60-,61?,62?,63?,64+,65?,66+,67+,68+,69+,70-,71?,72-,73-,74?,75-,76-,77-,78-,79+,80?,81?,82?,83?,84?,85?,86?,89-,90+,91+,92+,93+,94+,95-;;;;;/m0...../s1. The Morgan fingerprint density at radius 3 is 0.826 bits per heavy atom. The molecule has 43 heteroatoms. The largest absolute Gasteiger partial charge is 0.459 e. The number of aliphatic hydroxyl groups is 6. The van der Waals surface area contributed by atoms with Crippen molar-refractivity contribution in [3.8, 4) is 0 Å². The molecular weight excluding hydrogens is 2880 g/mol. The number of carbonyl (C=O) groups is 2. The maximum absolute atomic E-state index is 15.5. The number of benzene rings is 6. The molecular formula is C95H126Ac5O38. The molecule has 0 bridgehead atoms. The Balaban J connectivity index is 0.00000467. The summed E-state index contributed by atoms with van der Waals surface area (Å²) in [6.07, 6.45) is -49.3. The summed E-state index contributed by atoms with van der Waals surface area (Å²) in [7, 11) is 14.9. The van der Waals surface area contributed by atoms with Crippen LogP contribution in [-0.2, 0) is 191 Å². The van der Waals surface area contributed by atoms with E-state index in [-0.39, 0.29) is 267 Å². The van der Waals surface area contributed by atoms with Gasteiger partial charge in [-0.1, -0.05) is 182 Å². The summed E-state index contributed by atoms with van der Waals surface area (Å²) in [4.78, 5) is 30.8. The molecule has 749 valence electrons. The van der Waals surface area contributed by atoms with E-state index < -0.39 is 253 Å². The fourth-order valence-electron chi connectivity index (χ4n) is 17.8. The van der Waals surface area contributed by atoms with Crippen LogP contribution in [0, 0.1) is 220 Å². The van der Waals surface area contributed by atoms with Gasteiger partial charge in [0.1, 0.15) is 172 Å². The summed E-state index contributed by atoms with van der Waals surface area (Å²) in [5.74, 6) is -2.02. The van der Waals surface area contributed by atoms with Gasteiger partial charge in [0.2, 0.25) is 0 Å². The average molecular weight is 3010 g/mol. The number of ether oxygens (including phenoxy) is 30. The molecule has 7 aliphatic heterocycles. The minimum Gasteiger partial charge on any atom is -0.459 e. The first-order valence-corrected chi connectivity index (χ1v) is 44.1. The van der Waals surface area contributed by atoms with Gasteiger partial charge in [-0.25, -0.2) is 9.59 Å². The number of hydrogen-bond donors (Lipinski definition) is 6. The second kappa shape index (κ2) is 63.4. The molecule has 0 aromatic heterocycles. The molecule has 38 nitrogen and oxygen atoms in total. The van der Waals surface area contributed by atoms with Gasteiger partial charge < -0.3 is 173 Å². The Labute approximate surface area is 982 Å². The predicted molar refractivity (Wildman–Crippen MR) is 459 cm³/mol. The molecule has 7 aliphatic rings. The monoisotopic (exact) mass is 3010 g/mol. The zero-order chi connectivity index (χ0) is 94.0. The predicted octanol–water partition coefficient (Wildman–Crippen LogP) is 3.32. The zero-order valence-corrected chi connectivity index (χ0v) is 103. The summed E-state index contributed by atoms with van der Waals surface area (Å²) in [6.45, 7) is -3.57. The molecule has 7 heterocycles. The van der Waals surface area contributed by atoms with Gasteiger partial charge in [0.25, 0.3) is 0 Å². The van der Waals surface area contributed by atoms with Gasteiger partial charge in [-0.15, -0.1) is 0 Å². The molecule has 0 spiro atoms. The van der Waals surface area contributed by atoms with Crippen molar-refractivity contribution in [1.82, 2.24) is 0 Å². The number of rotatable bonds is 46. The van der Waals surface area contributed by atoms with Gasteiger partial charge in [0, 0.05) is 299 Å². The van der Waals surface area contributed by atoms with E-state index in [1.165, 1.54) is 78.2 Å². The van der Waals surface area contributed by atoms with Crippen LogP contribution in [-0.4, -0.2) is 369 Å². The zero-order valence-electron chi connectivity index (χ0n) is 78.9. The maximum atomic E-state index is 15.5. The summed E-state index contributed by atoms with van der Waals surface area (Å²) in [5.41, 5.74) is 4.34. The van der Waals surface area contributed by atoms with Crippen molar-refractivity contribution in [2.24, 2.45) is 0 Å². The molecule has 138 heavy (non-hydrogen) atoms. The summed E-state index contributed by atoms with van der Waals surface area (Å²) in [5, 5.41) is 68.8. The summed E-state index contributed by atoms with van der Waals surface area (Å²) >= 11 is 0. The van der Waals surface area contributed by atoms with Crippen molar-refractivity contribution in [3.05, 3.63) is 215 Å². The Kier molecular flexibility index (Phi) is 56.7. The normalized spacial score (nSPS) is 34.7. The van der Waals surface area contributed by atoms with E-state index in [0.717, 1.165) is 16.7 Å². The third kappa shape index (κ3) is 31.4. The number of esters is 2. The van der Waals surface area contributed by atoms with Crippen molar-refractivity contribution in [3.63, 3.8) is 0 Å². The van der Waals surface area contributed by atoms with Gasteiger partial charge in [0.05, 0.1) is 59.5 Å². The molecule has 0 saturated carbocycles. The van der Waals surface area contributed by atoms with Gasteiger partial charge in [-0.3, -0.25) is 0 Å². The topological polar surface area (TPSA) is 432 Å². The minimum atomic E-state index is -1.92. The van der Waals surface area contributed by atoms with Crippen LogP contribution in [0.3, 0.4) is 0 Å². The Hall–Kier alpha value is 0.108. The van der Waals surface area contributed by atoms with Crippen molar-refractivity contribution in [1.29, 1.82) is 0 Å². The van der Waals surface area contributed by atoms with E-state index in [1.54, 1.807) is 84.9 Å². The van der Waals surface area contributed by atoms with E-state index in [9.17, 15) is 30.6 Å². The van der Waals surface area contributed by atoms with Gasteiger partial charge in [-0.2, -0.15) is 0 Å². The van der Waals surface area contributed by atoms with Crippen LogP contribution < -0.4 is 0 Å². The fraction of sp³-hybridized carbons (Fsp3) is 0.600. The molecule has 35 atom stereocenters. The first kappa shape index (κ1) is 123. The molecule has 0 amide bonds. The summed E-state index contributed by atoms with van der Waals surface area (Å²) < 4.78 is 194. The first-order chi connectivity index (χ1) is 65.0. The summed E-state index contributed by atoms with van der Waals surface area (Å²) in [6, 6.07) is 55.2. The Bertz CT molecular complexity index is 4340. The van der Waals surface area contributed by atoms with E-state index in [4.69, 9.17) is 142 Å². The van der Waals surface area contributed by atoms with E-state index >= 15 is 9.59 Å². The van der Waals surface area contributed by atoms with E-state index in [2.05, 4.69) is 0 Å². The van der Waals surface area contributed by atoms with Gasteiger partial charge >= 0.3 is 11.9 Å². The van der Waals surface area contributed by atoms with Crippen molar-refractivity contribution in [2.45, 2.75) is 255 Å². The molecule has 14 unspecified atom stereocenters. The van der Waals surface area contributed by atoms with Crippen LogP contribution in [0.2, 0.25) is 0 Å². The second-order valence-electron chi connectivity index (χ2n) is 32.6. The van der Waals surface area contributed by atoms with Crippen LogP contribution in [0.25, 0.3) is 0 Å². The molecule has 6 aromatic rings. The van der Waals surface area contributed by atoms with Crippen LogP contribution in [0.4, 0.5) is 0 Å². The van der Waals surface area contributed by atoms with Crippen LogP contribution >= 0.6 is 0 Å². The third-order valence-electron chi connectivity index (χ3n) is 24.6. The molecule has 13 rings (SSSR count). The molecule has 5 radical (unpaired) electrons. The second-order valence-corrected chi connectivity index (χ2v) is 32.6. The number of hydrogen-bond acceptors (Lipinski definition) is 38. The van der Waals surface area contributed by atoms with Crippen molar-refractivity contribution >= 4 is 11.9 Å².